The molecule has 1 unspecified atom stereocenters. The minimum atomic E-state index is -0.289. The van der Waals surface area contributed by atoms with Crippen LogP contribution in [0.2, 0.25) is 0 Å². The molecule has 1 fully saturated rings. The smallest absolute Gasteiger partial charge is 0.290 e. The van der Waals surface area contributed by atoms with Gasteiger partial charge in [0, 0.05) is 6.54 Å². The van der Waals surface area contributed by atoms with Crippen molar-refractivity contribution in [2.45, 2.75) is 25.8 Å². The number of nitrogens with zero attached hydrogens (tertiary/aromatic N) is 2. The Bertz CT molecular complexity index is 416. The zero-order valence-corrected chi connectivity index (χ0v) is 8.56. The summed E-state index contributed by atoms with van der Waals surface area (Å²) in [6.07, 6.45) is 1.66. The van der Waals surface area contributed by atoms with E-state index in [-0.39, 0.29) is 11.9 Å². The quantitative estimate of drug-likeness (QED) is 0.699. The Morgan fingerprint density at radius 3 is 3.07 bits per heavy atom. The van der Waals surface area contributed by atoms with Gasteiger partial charge in [0.05, 0.1) is 6.07 Å². The second-order valence-electron chi connectivity index (χ2n) is 3.70. The number of hydrogen-bond donors (Lipinski definition) is 0. The molecule has 0 spiro atoms. The molecule has 78 valence electrons. The van der Waals surface area contributed by atoms with Gasteiger partial charge in [0.15, 0.2) is 5.76 Å². The predicted octanol–water partition coefficient (Wildman–Crippen LogP) is 1.72. The molecule has 2 heterocycles. The molecule has 4 heteroatoms. The summed E-state index contributed by atoms with van der Waals surface area (Å²) in [5.74, 6) is 0.868. The lowest BCUT2D eigenvalue weighted by molar-refractivity contribution is 0.0731. The van der Waals surface area contributed by atoms with Crippen molar-refractivity contribution in [3.8, 4) is 6.07 Å². The molecule has 0 saturated carbocycles. The van der Waals surface area contributed by atoms with Crippen molar-refractivity contribution in [3.63, 3.8) is 0 Å². The maximum absolute atomic E-state index is 11.9. The van der Waals surface area contributed by atoms with Crippen LogP contribution in [-0.4, -0.2) is 23.4 Å². The first-order valence-electron chi connectivity index (χ1n) is 4.99. The highest BCUT2D eigenvalue weighted by Crippen LogP contribution is 2.20. The first kappa shape index (κ1) is 9.78. The number of rotatable bonds is 1. The average Bonchev–Trinajstić information content (AvgIpc) is 2.84. The molecule has 15 heavy (non-hydrogen) atoms. The Morgan fingerprint density at radius 1 is 1.67 bits per heavy atom. The first-order valence-corrected chi connectivity index (χ1v) is 4.99. The van der Waals surface area contributed by atoms with Gasteiger partial charge in [-0.1, -0.05) is 0 Å². The van der Waals surface area contributed by atoms with Crippen LogP contribution < -0.4 is 0 Å². The van der Waals surface area contributed by atoms with Crippen molar-refractivity contribution in [1.29, 1.82) is 5.26 Å². The Kier molecular flexibility index (Phi) is 2.46. The summed E-state index contributed by atoms with van der Waals surface area (Å²) in [6.45, 7) is 2.44. The number of carbonyl (C=O) groups excluding carboxylic acids is 1. The van der Waals surface area contributed by atoms with Gasteiger partial charge in [-0.05, 0) is 31.9 Å². The molecule has 2 rings (SSSR count). The van der Waals surface area contributed by atoms with Crippen LogP contribution in [0.1, 0.15) is 29.2 Å². The van der Waals surface area contributed by atoms with Crippen molar-refractivity contribution in [2.75, 3.05) is 6.54 Å². The fourth-order valence-electron chi connectivity index (χ4n) is 1.83. The van der Waals surface area contributed by atoms with E-state index in [1.165, 1.54) is 0 Å². The van der Waals surface area contributed by atoms with Crippen LogP contribution >= 0.6 is 0 Å². The van der Waals surface area contributed by atoms with Crippen LogP contribution in [0.25, 0.3) is 0 Å². The summed E-state index contributed by atoms with van der Waals surface area (Å²) in [4.78, 5) is 13.5. The van der Waals surface area contributed by atoms with Crippen molar-refractivity contribution in [2.24, 2.45) is 0 Å². The molecular weight excluding hydrogens is 192 g/mol. The number of likely N-dealkylation sites (tertiary alicyclic amines) is 1. The van der Waals surface area contributed by atoms with E-state index in [0.29, 0.717) is 18.1 Å². The highest BCUT2D eigenvalue weighted by Gasteiger charge is 2.30. The van der Waals surface area contributed by atoms with Gasteiger partial charge in [0.25, 0.3) is 5.91 Å². The Morgan fingerprint density at radius 2 is 2.47 bits per heavy atom. The fraction of sp³-hybridized carbons (Fsp3) is 0.455. The number of aryl methyl sites for hydroxylation is 1. The SMILES string of the molecule is Cc1ccc(C(=O)N2CCCC2C#N)o1. The van der Waals surface area contributed by atoms with E-state index >= 15 is 0 Å². The lowest BCUT2D eigenvalue weighted by Gasteiger charge is -2.17. The molecule has 0 N–H and O–H groups in total. The first-order chi connectivity index (χ1) is 7.22. The molecule has 1 amide bonds. The molecule has 0 aromatic carbocycles. The summed E-state index contributed by atoms with van der Waals surface area (Å²) < 4.78 is 5.25. The van der Waals surface area contributed by atoms with E-state index in [0.717, 1.165) is 12.8 Å². The van der Waals surface area contributed by atoms with Gasteiger partial charge in [0.2, 0.25) is 0 Å². The van der Waals surface area contributed by atoms with Crippen LogP contribution in [0.4, 0.5) is 0 Å². The molecule has 1 saturated heterocycles. The summed E-state index contributed by atoms with van der Waals surface area (Å²) in [7, 11) is 0. The predicted molar refractivity (Wildman–Crippen MR) is 53.1 cm³/mol. The summed E-state index contributed by atoms with van der Waals surface area (Å²) in [6, 6.07) is 5.26. The zero-order chi connectivity index (χ0) is 10.8. The van der Waals surface area contributed by atoms with Gasteiger partial charge in [-0.15, -0.1) is 0 Å². The topological polar surface area (TPSA) is 57.2 Å². The van der Waals surface area contributed by atoms with E-state index in [9.17, 15) is 4.79 Å². The van der Waals surface area contributed by atoms with E-state index in [4.69, 9.17) is 9.68 Å². The van der Waals surface area contributed by atoms with Crippen LogP contribution in [0.15, 0.2) is 16.5 Å². The van der Waals surface area contributed by atoms with E-state index in [2.05, 4.69) is 6.07 Å². The van der Waals surface area contributed by atoms with Crippen molar-refractivity contribution in [3.05, 3.63) is 23.7 Å². The van der Waals surface area contributed by atoms with E-state index in [1.807, 2.05) is 0 Å². The summed E-state index contributed by atoms with van der Waals surface area (Å²) >= 11 is 0. The van der Waals surface area contributed by atoms with Crippen molar-refractivity contribution < 1.29 is 9.21 Å². The van der Waals surface area contributed by atoms with Gasteiger partial charge in [-0.2, -0.15) is 5.26 Å². The standard InChI is InChI=1S/C11H12N2O2/c1-8-4-5-10(15-8)11(14)13-6-2-3-9(13)7-12/h4-5,9H,2-3,6H2,1H3. The van der Waals surface area contributed by atoms with Crippen LogP contribution in [0, 0.1) is 18.3 Å². The average molecular weight is 204 g/mol. The number of furan rings is 1. The molecule has 1 aliphatic rings. The molecule has 0 bridgehead atoms. The summed E-state index contributed by atoms with van der Waals surface area (Å²) in [5.41, 5.74) is 0. The maximum atomic E-state index is 11.9. The zero-order valence-electron chi connectivity index (χ0n) is 8.56. The highest BCUT2D eigenvalue weighted by atomic mass is 16.3. The lowest BCUT2D eigenvalue weighted by Crippen LogP contribution is -2.34. The monoisotopic (exact) mass is 204 g/mol. The highest BCUT2D eigenvalue weighted by molar-refractivity contribution is 5.92. The van der Waals surface area contributed by atoms with Gasteiger partial charge >= 0.3 is 0 Å². The molecule has 1 aliphatic heterocycles. The van der Waals surface area contributed by atoms with Crippen molar-refractivity contribution >= 4 is 5.91 Å². The largest absolute Gasteiger partial charge is 0.456 e. The maximum Gasteiger partial charge on any atom is 0.290 e. The third-order valence-electron chi connectivity index (χ3n) is 2.61. The lowest BCUT2D eigenvalue weighted by atomic mass is 10.2. The fourth-order valence-corrected chi connectivity index (χ4v) is 1.83. The third-order valence-corrected chi connectivity index (χ3v) is 2.61. The van der Waals surface area contributed by atoms with Crippen LogP contribution in [0.5, 0.6) is 0 Å². The number of amides is 1. The molecule has 4 nitrogen and oxygen atoms in total. The van der Waals surface area contributed by atoms with Crippen LogP contribution in [-0.2, 0) is 0 Å². The van der Waals surface area contributed by atoms with Crippen LogP contribution in [0.3, 0.4) is 0 Å². The van der Waals surface area contributed by atoms with Gasteiger partial charge < -0.3 is 9.32 Å². The van der Waals surface area contributed by atoms with E-state index in [1.54, 1.807) is 24.0 Å². The number of carbonyl (C=O) groups is 1. The second kappa shape index (κ2) is 3.77. The number of nitriles is 1. The van der Waals surface area contributed by atoms with Gasteiger partial charge in [-0.3, -0.25) is 4.79 Å². The Labute approximate surface area is 88.1 Å². The molecule has 0 aliphatic carbocycles. The molecule has 1 aromatic rings. The van der Waals surface area contributed by atoms with Crippen molar-refractivity contribution in [1.82, 2.24) is 4.90 Å². The molecule has 1 atom stereocenters. The Balaban J connectivity index is 2.18. The van der Waals surface area contributed by atoms with Gasteiger partial charge in [0.1, 0.15) is 11.8 Å². The minimum Gasteiger partial charge on any atom is -0.456 e. The third kappa shape index (κ3) is 1.73. The number of hydrogen-bond acceptors (Lipinski definition) is 3. The second-order valence-corrected chi connectivity index (χ2v) is 3.70. The molecule has 0 radical (unpaired) electrons. The Hall–Kier alpha value is -1.76. The minimum absolute atomic E-state index is 0.174. The summed E-state index contributed by atoms with van der Waals surface area (Å²) in [5, 5.41) is 8.86. The van der Waals surface area contributed by atoms with E-state index < -0.39 is 0 Å². The van der Waals surface area contributed by atoms with Gasteiger partial charge in [-0.25, -0.2) is 0 Å². The molecule has 1 aromatic heterocycles. The normalized spacial score (nSPS) is 20.3. The molecular formula is C11H12N2O2.